The summed E-state index contributed by atoms with van der Waals surface area (Å²) in [6.07, 6.45) is 11.6. The lowest BCUT2D eigenvalue weighted by molar-refractivity contribution is 0.580. The van der Waals surface area contributed by atoms with Gasteiger partial charge in [0.15, 0.2) is 0 Å². The number of anilines is 1. The second-order valence-electron chi connectivity index (χ2n) is 6.53. The smallest absolute Gasteiger partial charge is 0.142 e. The molecule has 2 aromatic heterocycles. The van der Waals surface area contributed by atoms with Crippen molar-refractivity contribution in [2.24, 2.45) is 0 Å². The van der Waals surface area contributed by atoms with Crippen LogP contribution in [0, 0.1) is 11.3 Å². The monoisotopic (exact) mass is 339 g/mol. The van der Waals surface area contributed by atoms with E-state index in [9.17, 15) is 5.26 Å². The molecule has 0 radical (unpaired) electrons. The van der Waals surface area contributed by atoms with Crippen molar-refractivity contribution in [2.45, 2.75) is 71.6 Å². The summed E-state index contributed by atoms with van der Waals surface area (Å²) in [5.74, 6) is 1.03. The lowest BCUT2D eigenvalue weighted by atomic mass is 9.92. The quantitative estimate of drug-likeness (QED) is 0.567. The first kappa shape index (κ1) is 19.1. The molecule has 25 heavy (non-hydrogen) atoms. The number of nitriles is 1. The molecule has 4 heteroatoms. The minimum atomic E-state index is 0.318. The van der Waals surface area contributed by atoms with Crippen molar-refractivity contribution in [1.29, 1.82) is 5.26 Å². The maximum atomic E-state index is 9.62. The summed E-state index contributed by atoms with van der Waals surface area (Å²) < 4.78 is 5.63. The largest absolute Gasteiger partial charge is 0.464 e. The van der Waals surface area contributed by atoms with Crippen LogP contribution >= 0.6 is 0 Å². The Labute approximate surface area is 151 Å². The van der Waals surface area contributed by atoms with Crippen LogP contribution in [-0.4, -0.2) is 4.98 Å². The molecule has 0 atom stereocenters. The Bertz CT molecular complexity index is 699. The number of nitrogen functional groups attached to an aromatic ring is 1. The van der Waals surface area contributed by atoms with Crippen LogP contribution in [0.3, 0.4) is 0 Å². The van der Waals surface area contributed by atoms with Gasteiger partial charge in [0, 0.05) is 11.3 Å². The molecule has 0 aromatic carbocycles. The molecule has 134 valence electrons. The van der Waals surface area contributed by atoms with Crippen molar-refractivity contribution in [2.75, 3.05) is 5.73 Å². The molecule has 0 saturated carbocycles. The van der Waals surface area contributed by atoms with Crippen LogP contribution in [0.15, 0.2) is 22.8 Å². The summed E-state index contributed by atoms with van der Waals surface area (Å²) >= 11 is 0. The molecule has 0 amide bonds. The van der Waals surface area contributed by atoms with Gasteiger partial charge in [-0.2, -0.15) is 5.26 Å². The lowest BCUT2D eigenvalue weighted by Gasteiger charge is -2.16. The minimum Gasteiger partial charge on any atom is -0.464 e. The van der Waals surface area contributed by atoms with Crippen molar-refractivity contribution in [3.63, 3.8) is 0 Å². The summed E-state index contributed by atoms with van der Waals surface area (Å²) in [6, 6.07) is 5.99. The van der Waals surface area contributed by atoms with Crippen LogP contribution in [0.5, 0.6) is 0 Å². The van der Waals surface area contributed by atoms with E-state index >= 15 is 0 Å². The first-order valence-corrected chi connectivity index (χ1v) is 9.48. The van der Waals surface area contributed by atoms with E-state index < -0.39 is 0 Å². The summed E-state index contributed by atoms with van der Waals surface area (Å²) in [7, 11) is 0. The summed E-state index contributed by atoms with van der Waals surface area (Å²) in [5, 5.41) is 9.62. The van der Waals surface area contributed by atoms with Gasteiger partial charge in [-0.3, -0.25) is 0 Å². The highest BCUT2D eigenvalue weighted by Crippen LogP contribution is 2.34. The van der Waals surface area contributed by atoms with E-state index in [4.69, 9.17) is 10.2 Å². The van der Waals surface area contributed by atoms with E-state index in [0.29, 0.717) is 17.1 Å². The Morgan fingerprint density at radius 1 is 1.08 bits per heavy atom. The van der Waals surface area contributed by atoms with Crippen molar-refractivity contribution in [1.82, 2.24) is 4.98 Å². The first-order valence-electron chi connectivity index (χ1n) is 9.48. The van der Waals surface area contributed by atoms with E-state index in [1.165, 1.54) is 25.7 Å². The van der Waals surface area contributed by atoms with Crippen LogP contribution in [0.4, 0.5) is 5.82 Å². The van der Waals surface area contributed by atoms with Crippen molar-refractivity contribution in [3.05, 3.63) is 35.2 Å². The fourth-order valence-electron chi connectivity index (χ4n) is 3.25. The van der Waals surface area contributed by atoms with E-state index in [0.717, 1.165) is 48.9 Å². The Hall–Kier alpha value is -2.28. The Morgan fingerprint density at radius 3 is 2.44 bits per heavy atom. The minimum absolute atomic E-state index is 0.318. The summed E-state index contributed by atoms with van der Waals surface area (Å²) in [4.78, 5) is 4.60. The molecule has 0 spiro atoms. The van der Waals surface area contributed by atoms with Gasteiger partial charge in [0.2, 0.25) is 0 Å². The second kappa shape index (κ2) is 9.88. The predicted molar refractivity (Wildman–Crippen MR) is 102 cm³/mol. The molecule has 0 saturated heterocycles. The van der Waals surface area contributed by atoms with Crippen LogP contribution < -0.4 is 5.73 Å². The highest BCUT2D eigenvalue weighted by molar-refractivity contribution is 5.76. The topological polar surface area (TPSA) is 75.8 Å². The molecular weight excluding hydrogens is 310 g/mol. The zero-order valence-corrected chi connectivity index (χ0v) is 15.5. The van der Waals surface area contributed by atoms with E-state index in [2.05, 4.69) is 24.9 Å². The van der Waals surface area contributed by atoms with Gasteiger partial charge in [-0.1, -0.05) is 46.0 Å². The van der Waals surface area contributed by atoms with Gasteiger partial charge in [0.05, 0.1) is 6.26 Å². The number of hydrogen-bond donors (Lipinski definition) is 1. The van der Waals surface area contributed by atoms with Crippen LogP contribution in [0.1, 0.15) is 75.6 Å². The van der Waals surface area contributed by atoms with Gasteiger partial charge >= 0.3 is 0 Å². The van der Waals surface area contributed by atoms with Crippen molar-refractivity contribution in [3.8, 4) is 17.4 Å². The van der Waals surface area contributed by atoms with E-state index in [1.807, 2.05) is 12.1 Å². The van der Waals surface area contributed by atoms with Gasteiger partial charge in [0.1, 0.15) is 23.2 Å². The van der Waals surface area contributed by atoms with Gasteiger partial charge in [-0.05, 0) is 43.4 Å². The number of nitrogens with zero attached hydrogens (tertiary/aromatic N) is 2. The summed E-state index contributed by atoms with van der Waals surface area (Å²) in [6.45, 7) is 4.41. The SMILES string of the molecule is CCCCCCc1nc(N)c(C#N)c(-c2ccco2)c1CCCCC. The zero-order valence-electron chi connectivity index (χ0n) is 15.5. The second-order valence-corrected chi connectivity index (χ2v) is 6.53. The molecule has 2 heterocycles. The Kier molecular flexibility index (Phi) is 7.53. The maximum Gasteiger partial charge on any atom is 0.142 e. The molecule has 2 aromatic rings. The fourth-order valence-corrected chi connectivity index (χ4v) is 3.25. The van der Waals surface area contributed by atoms with Gasteiger partial charge in [0.25, 0.3) is 0 Å². The third-order valence-electron chi connectivity index (χ3n) is 4.59. The average molecular weight is 339 g/mol. The molecule has 4 nitrogen and oxygen atoms in total. The first-order chi connectivity index (χ1) is 12.2. The molecule has 0 aliphatic carbocycles. The molecule has 0 unspecified atom stereocenters. The summed E-state index contributed by atoms with van der Waals surface area (Å²) in [5.41, 5.74) is 9.59. The van der Waals surface area contributed by atoms with E-state index in [-0.39, 0.29) is 0 Å². The molecular formula is C21H29N3O. The van der Waals surface area contributed by atoms with Crippen molar-refractivity contribution >= 4 is 5.82 Å². The third kappa shape index (κ3) is 4.85. The van der Waals surface area contributed by atoms with Crippen molar-refractivity contribution < 1.29 is 4.42 Å². The van der Waals surface area contributed by atoms with Crippen LogP contribution in [0.25, 0.3) is 11.3 Å². The molecule has 0 bridgehead atoms. The Balaban J connectivity index is 2.44. The van der Waals surface area contributed by atoms with Gasteiger partial charge < -0.3 is 10.2 Å². The highest BCUT2D eigenvalue weighted by Gasteiger charge is 2.21. The number of unbranched alkanes of at least 4 members (excludes halogenated alkanes) is 5. The molecule has 0 aliphatic rings. The number of hydrogen-bond acceptors (Lipinski definition) is 4. The average Bonchev–Trinajstić information content (AvgIpc) is 3.14. The molecule has 2 rings (SSSR count). The molecule has 0 fully saturated rings. The van der Waals surface area contributed by atoms with Crippen LogP contribution in [-0.2, 0) is 12.8 Å². The number of furan rings is 1. The number of pyridine rings is 1. The Morgan fingerprint density at radius 2 is 1.80 bits per heavy atom. The van der Waals surface area contributed by atoms with Gasteiger partial charge in [-0.15, -0.1) is 0 Å². The lowest BCUT2D eigenvalue weighted by Crippen LogP contribution is -2.08. The normalized spacial score (nSPS) is 10.8. The highest BCUT2D eigenvalue weighted by atomic mass is 16.3. The zero-order chi connectivity index (χ0) is 18.1. The standard InChI is InChI=1S/C21H29N3O/c1-3-5-7-9-12-18-16(11-8-6-4-2)20(19-13-10-14-25-19)17(15-22)21(23)24-18/h10,13-14H,3-9,11-12H2,1-2H3,(H2,23,24). The predicted octanol–water partition coefficient (Wildman–Crippen LogP) is 5.65. The number of nitrogens with two attached hydrogens (primary N) is 1. The number of aryl methyl sites for hydroxylation is 1. The van der Waals surface area contributed by atoms with Gasteiger partial charge in [-0.25, -0.2) is 4.98 Å². The molecule has 2 N–H and O–H groups in total. The number of aromatic nitrogens is 1. The fraction of sp³-hybridized carbons (Fsp3) is 0.524. The third-order valence-corrected chi connectivity index (χ3v) is 4.59. The number of rotatable bonds is 10. The van der Waals surface area contributed by atoms with Crippen LogP contribution in [0.2, 0.25) is 0 Å². The molecule has 0 aliphatic heterocycles. The maximum absolute atomic E-state index is 9.62. The van der Waals surface area contributed by atoms with E-state index in [1.54, 1.807) is 6.26 Å².